The highest BCUT2D eigenvalue weighted by molar-refractivity contribution is 6.98. The molecule has 0 radical (unpaired) electrons. The molecule has 0 atom stereocenters. The van der Waals surface area contributed by atoms with Crippen LogP contribution in [0.5, 0.6) is 34.5 Å². The monoisotopic (exact) mass is 616 g/mol. The number of rotatable bonds is 2. The van der Waals surface area contributed by atoms with Crippen LogP contribution in [0.4, 0.5) is 17.1 Å². The van der Waals surface area contributed by atoms with Crippen LogP contribution >= 0.6 is 0 Å². The molecule has 8 aromatic rings. The number of ether oxygens (including phenoxy) is 3. The van der Waals surface area contributed by atoms with Gasteiger partial charge in [-0.05, 0) is 65.5 Å². The molecule has 224 valence electrons. The van der Waals surface area contributed by atoms with E-state index in [1.165, 1.54) is 0 Å². The third-order valence-electron chi connectivity index (χ3n) is 9.88. The van der Waals surface area contributed by atoms with Crippen molar-refractivity contribution < 1.29 is 14.2 Å². The van der Waals surface area contributed by atoms with Crippen molar-refractivity contribution in [2.75, 3.05) is 4.90 Å². The molecular weight excluding hydrogens is 591 g/mol. The molecule has 5 nitrogen and oxygen atoms in total. The first-order valence-corrected chi connectivity index (χ1v) is 16.2. The molecule has 3 aliphatic rings. The summed E-state index contributed by atoms with van der Waals surface area (Å²) in [5, 5.41) is 2.17. The van der Waals surface area contributed by atoms with E-state index in [1.54, 1.807) is 0 Å². The Hall–Kier alpha value is -6.40. The normalized spacial score (nSPS) is 13.4. The largest absolute Gasteiger partial charge is 0.458 e. The molecule has 48 heavy (non-hydrogen) atoms. The lowest BCUT2D eigenvalue weighted by Gasteiger charge is -2.33. The Morgan fingerprint density at radius 3 is 1.81 bits per heavy atom. The fraction of sp³-hybridized carbons (Fsp3) is 0. The number of aromatic nitrogens is 1. The average molecular weight is 616 g/mol. The van der Waals surface area contributed by atoms with Gasteiger partial charge in [-0.2, -0.15) is 0 Å². The second-order valence-corrected chi connectivity index (χ2v) is 12.5. The van der Waals surface area contributed by atoms with E-state index in [2.05, 4.69) is 131 Å². The van der Waals surface area contributed by atoms with Gasteiger partial charge in [0, 0.05) is 28.7 Å². The molecule has 6 heteroatoms. The smallest absolute Gasteiger partial charge is 0.260 e. The van der Waals surface area contributed by atoms with Gasteiger partial charge in [0.2, 0.25) is 0 Å². The van der Waals surface area contributed by atoms with E-state index in [-0.39, 0.29) is 6.71 Å². The van der Waals surface area contributed by atoms with Crippen molar-refractivity contribution in [3.8, 4) is 40.2 Å². The average Bonchev–Trinajstić information content (AvgIpc) is 3.49. The lowest BCUT2D eigenvalue weighted by Crippen LogP contribution is -2.57. The summed E-state index contributed by atoms with van der Waals surface area (Å²) in [6.07, 6.45) is 0. The topological polar surface area (TPSA) is 35.9 Å². The zero-order valence-electron chi connectivity index (χ0n) is 25.6. The van der Waals surface area contributed by atoms with E-state index in [1.807, 2.05) is 30.3 Å². The van der Waals surface area contributed by atoms with Gasteiger partial charge in [-0.25, -0.2) is 0 Å². The number of benzene rings is 7. The van der Waals surface area contributed by atoms with Crippen LogP contribution in [-0.4, -0.2) is 11.3 Å². The minimum atomic E-state index is 0.0292. The van der Waals surface area contributed by atoms with Crippen LogP contribution in [0.15, 0.2) is 152 Å². The van der Waals surface area contributed by atoms with Crippen molar-refractivity contribution in [1.82, 2.24) is 4.57 Å². The standard InChI is InChI=1S/C42H25BN2O3/c1-2-12-26(13-3-1)44-32-18-8-11-21-37(32)48-42-34(44)23-22-33-40(42)28-14-4-7-17-31(28)45(33)27-24-38-41-39(25-27)47-36-20-10-6-16-30(36)43(41)29-15-5-9-19-35(29)46-38/h1-25H. The van der Waals surface area contributed by atoms with E-state index in [4.69, 9.17) is 14.2 Å². The molecule has 4 heterocycles. The lowest BCUT2D eigenvalue weighted by molar-refractivity contribution is 0.464. The van der Waals surface area contributed by atoms with Gasteiger partial charge in [-0.3, -0.25) is 0 Å². The number of fused-ring (bicyclic) bond motifs is 10. The van der Waals surface area contributed by atoms with E-state index >= 15 is 0 Å². The molecular formula is C42H25BN2O3. The quantitative estimate of drug-likeness (QED) is 0.182. The number of hydrogen-bond acceptors (Lipinski definition) is 4. The Morgan fingerprint density at radius 2 is 1.06 bits per heavy atom. The van der Waals surface area contributed by atoms with Gasteiger partial charge >= 0.3 is 0 Å². The maximum Gasteiger partial charge on any atom is 0.260 e. The van der Waals surface area contributed by atoms with Gasteiger partial charge in [-0.1, -0.05) is 84.9 Å². The van der Waals surface area contributed by atoms with Crippen LogP contribution in [-0.2, 0) is 0 Å². The maximum absolute atomic E-state index is 6.83. The molecule has 11 rings (SSSR count). The van der Waals surface area contributed by atoms with Crippen LogP contribution < -0.4 is 35.5 Å². The van der Waals surface area contributed by atoms with Crippen molar-refractivity contribution in [2.45, 2.75) is 0 Å². The lowest BCUT2D eigenvalue weighted by atomic mass is 9.35. The van der Waals surface area contributed by atoms with Crippen LogP contribution in [0.1, 0.15) is 0 Å². The molecule has 7 aromatic carbocycles. The highest BCUT2D eigenvalue weighted by Crippen LogP contribution is 2.54. The molecule has 0 bridgehead atoms. The fourth-order valence-corrected chi connectivity index (χ4v) is 7.91. The Balaban J connectivity index is 1.17. The van der Waals surface area contributed by atoms with Gasteiger partial charge in [0.1, 0.15) is 23.0 Å². The minimum absolute atomic E-state index is 0.0292. The van der Waals surface area contributed by atoms with Gasteiger partial charge in [0.15, 0.2) is 11.5 Å². The van der Waals surface area contributed by atoms with Crippen LogP contribution in [0.2, 0.25) is 0 Å². The van der Waals surface area contributed by atoms with E-state index in [9.17, 15) is 0 Å². The van der Waals surface area contributed by atoms with E-state index in [0.29, 0.717) is 0 Å². The Labute approximate surface area is 276 Å². The molecule has 0 N–H and O–H groups in total. The van der Waals surface area contributed by atoms with Gasteiger partial charge in [0.25, 0.3) is 6.71 Å². The van der Waals surface area contributed by atoms with Crippen molar-refractivity contribution in [3.63, 3.8) is 0 Å². The van der Waals surface area contributed by atoms with Gasteiger partial charge < -0.3 is 23.7 Å². The van der Waals surface area contributed by atoms with E-state index in [0.717, 1.165) is 95.4 Å². The SMILES string of the molecule is c1ccc(N2c3ccccc3Oc3c2ccc2c3c3ccccc3n2-c2cc3c4c(c2)Oc2ccccc2B4c2ccccc2O3)cc1. The first kappa shape index (κ1) is 25.8. The maximum atomic E-state index is 6.83. The van der Waals surface area contributed by atoms with Crippen molar-refractivity contribution >= 4 is 62.0 Å². The number of nitrogens with zero attached hydrogens (tertiary/aromatic N) is 2. The van der Waals surface area contributed by atoms with Crippen LogP contribution in [0.3, 0.4) is 0 Å². The summed E-state index contributed by atoms with van der Waals surface area (Å²) >= 11 is 0. The second-order valence-electron chi connectivity index (χ2n) is 12.5. The van der Waals surface area contributed by atoms with Gasteiger partial charge in [-0.15, -0.1) is 0 Å². The summed E-state index contributed by atoms with van der Waals surface area (Å²) in [5.41, 5.74) is 9.53. The Morgan fingerprint density at radius 1 is 0.438 bits per heavy atom. The summed E-state index contributed by atoms with van der Waals surface area (Å²) in [6.45, 7) is 0.0292. The summed E-state index contributed by atoms with van der Waals surface area (Å²) in [7, 11) is 0. The number of anilines is 3. The third-order valence-corrected chi connectivity index (χ3v) is 9.88. The summed E-state index contributed by atoms with van der Waals surface area (Å²) in [6, 6.07) is 52.6. The number of hydrogen-bond donors (Lipinski definition) is 0. The molecule has 0 amide bonds. The summed E-state index contributed by atoms with van der Waals surface area (Å²) in [4.78, 5) is 2.29. The van der Waals surface area contributed by atoms with Crippen molar-refractivity contribution in [3.05, 3.63) is 152 Å². The highest BCUT2D eigenvalue weighted by atomic mass is 16.5. The zero-order chi connectivity index (χ0) is 31.3. The third kappa shape index (κ3) is 3.46. The summed E-state index contributed by atoms with van der Waals surface area (Å²) in [5.74, 6) is 5.02. The molecule has 1 aromatic heterocycles. The summed E-state index contributed by atoms with van der Waals surface area (Å²) < 4.78 is 22.5. The molecule has 0 unspecified atom stereocenters. The molecule has 0 saturated carbocycles. The van der Waals surface area contributed by atoms with Crippen molar-refractivity contribution in [2.24, 2.45) is 0 Å². The first-order valence-electron chi connectivity index (χ1n) is 16.2. The second kappa shape index (κ2) is 9.56. The predicted molar refractivity (Wildman–Crippen MR) is 193 cm³/mol. The van der Waals surface area contributed by atoms with Crippen LogP contribution in [0, 0.1) is 0 Å². The highest BCUT2D eigenvalue weighted by Gasteiger charge is 2.40. The molecule has 3 aliphatic heterocycles. The predicted octanol–water partition coefficient (Wildman–Crippen LogP) is 9.09. The first-order chi connectivity index (χ1) is 23.8. The number of para-hydroxylation sites is 6. The van der Waals surface area contributed by atoms with Crippen molar-refractivity contribution in [1.29, 1.82) is 0 Å². The van der Waals surface area contributed by atoms with Gasteiger partial charge in [0.05, 0.1) is 33.5 Å². The zero-order valence-corrected chi connectivity index (χ0v) is 25.6. The van der Waals surface area contributed by atoms with E-state index < -0.39 is 0 Å². The molecule has 0 saturated heterocycles. The Bertz CT molecular complexity index is 2560. The minimum Gasteiger partial charge on any atom is -0.458 e. The molecule has 0 spiro atoms. The van der Waals surface area contributed by atoms with Crippen LogP contribution in [0.25, 0.3) is 27.5 Å². The fourth-order valence-electron chi connectivity index (χ4n) is 7.91. The molecule has 0 fully saturated rings. The Kier molecular flexibility index (Phi) is 5.13. The molecule has 0 aliphatic carbocycles.